The van der Waals surface area contributed by atoms with E-state index in [4.69, 9.17) is 0 Å². The van der Waals surface area contributed by atoms with Crippen LogP contribution in [-0.2, 0) is 12.8 Å². The van der Waals surface area contributed by atoms with E-state index in [1.165, 1.54) is 24.0 Å². The molecule has 0 unspecified atom stereocenters. The number of benzene rings is 1. The minimum absolute atomic E-state index is 0.115. The summed E-state index contributed by atoms with van der Waals surface area (Å²) in [6.45, 7) is 2.20. The van der Waals surface area contributed by atoms with Gasteiger partial charge in [0.05, 0.1) is 0 Å². The van der Waals surface area contributed by atoms with Crippen molar-refractivity contribution in [2.45, 2.75) is 32.6 Å². The highest BCUT2D eigenvalue weighted by Gasteiger charge is 2.10. The molecule has 0 saturated carbocycles. The first kappa shape index (κ1) is 9.45. The largest absolute Gasteiger partial charge is 0.207 e. The highest BCUT2D eigenvalue weighted by Crippen LogP contribution is 2.24. The second-order valence-electron chi connectivity index (χ2n) is 3.91. The number of rotatable bonds is 2. The summed E-state index contributed by atoms with van der Waals surface area (Å²) in [5.74, 6) is -0.115. The van der Waals surface area contributed by atoms with Gasteiger partial charge in [-0.25, -0.2) is 4.39 Å². The van der Waals surface area contributed by atoms with Gasteiger partial charge < -0.3 is 0 Å². The highest BCUT2D eigenvalue weighted by atomic mass is 19.1. The van der Waals surface area contributed by atoms with Gasteiger partial charge in [0.25, 0.3) is 0 Å². The molecule has 0 atom stereocenters. The van der Waals surface area contributed by atoms with Gasteiger partial charge in [-0.2, -0.15) is 0 Å². The quantitative estimate of drug-likeness (QED) is 0.624. The van der Waals surface area contributed by atoms with Crippen molar-refractivity contribution in [1.29, 1.82) is 0 Å². The average Bonchev–Trinajstić information content (AvgIpc) is 2.19. The van der Waals surface area contributed by atoms with Crippen molar-refractivity contribution in [3.63, 3.8) is 0 Å². The zero-order chi connectivity index (χ0) is 9.97. The predicted molar refractivity (Wildman–Crippen MR) is 56.8 cm³/mol. The lowest BCUT2D eigenvalue weighted by molar-refractivity contribution is 0.624. The SMILES string of the molecule is CCCC1=CCc2cc(F)ccc2C1. The Balaban J connectivity index is 2.21. The van der Waals surface area contributed by atoms with E-state index in [0.29, 0.717) is 0 Å². The molecule has 0 amide bonds. The van der Waals surface area contributed by atoms with Gasteiger partial charge in [-0.05, 0) is 42.5 Å². The molecule has 2 rings (SSSR count). The molecule has 0 fully saturated rings. The minimum Gasteiger partial charge on any atom is -0.207 e. The van der Waals surface area contributed by atoms with Crippen LogP contribution in [0.4, 0.5) is 4.39 Å². The molecule has 0 heterocycles. The molecule has 0 radical (unpaired) electrons. The van der Waals surface area contributed by atoms with Gasteiger partial charge in [0.1, 0.15) is 5.82 Å². The van der Waals surface area contributed by atoms with E-state index in [1.807, 2.05) is 6.07 Å². The van der Waals surface area contributed by atoms with Crippen LogP contribution in [0.25, 0.3) is 0 Å². The molecular weight excluding hydrogens is 175 g/mol. The van der Waals surface area contributed by atoms with E-state index in [0.717, 1.165) is 18.4 Å². The van der Waals surface area contributed by atoms with Crippen molar-refractivity contribution >= 4 is 0 Å². The molecule has 14 heavy (non-hydrogen) atoms. The normalized spacial score (nSPS) is 14.9. The van der Waals surface area contributed by atoms with E-state index in [1.54, 1.807) is 12.1 Å². The van der Waals surface area contributed by atoms with Crippen LogP contribution < -0.4 is 0 Å². The van der Waals surface area contributed by atoms with E-state index in [-0.39, 0.29) is 5.82 Å². The number of allylic oxidation sites excluding steroid dienone is 2. The molecule has 0 bridgehead atoms. The maximum atomic E-state index is 12.9. The van der Waals surface area contributed by atoms with Crippen molar-refractivity contribution in [2.75, 3.05) is 0 Å². The molecule has 1 heteroatoms. The summed E-state index contributed by atoms with van der Waals surface area (Å²) in [5.41, 5.74) is 3.97. The summed E-state index contributed by atoms with van der Waals surface area (Å²) in [7, 11) is 0. The van der Waals surface area contributed by atoms with E-state index in [9.17, 15) is 4.39 Å². The Kier molecular flexibility index (Phi) is 2.67. The van der Waals surface area contributed by atoms with Crippen molar-refractivity contribution in [1.82, 2.24) is 0 Å². The summed E-state index contributed by atoms with van der Waals surface area (Å²) < 4.78 is 12.9. The maximum Gasteiger partial charge on any atom is 0.123 e. The Bertz CT molecular complexity index is 363. The van der Waals surface area contributed by atoms with Crippen LogP contribution in [0.1, 0.15) is 30.9 Å². The van der Waals surface area contributed by atoms with Gasteiger partial charge in [0.2, 0.25) is 0 Å². The summed E-state index contributed by atoms with van der Waals surface area (Å²) in [5, 5.41) is 0. The van der Waals surface area contributed by atoms with Gasteiger partial charge in [-0.15, -0.1) is 0 Å². The first-order valence-electron chi connectivity index (χ1n) is 5.25. The van der Waals surface area contributed by atoms with Gasteiger partial charge in [0.15, 0.2) is 0 Å². The lowest BCUT2D eigenvalue weighted by Gasteiger charge is -2.16. The first-order valence-corrected chi connectivity index (χ1v) is 5.25. The Hall–Kier alpha value is -1.11. The average molecular weight is 190 g/mol. The molecule has 0 spiro atoms. The van der Waals surface area contributed by atoms with Crippen LogP contribution in [0, 0.1) is 5.82 Å². The third kappa shape index (κ3) is 1.87. The number of hydrogen-bond acceptors (Lipinski definition) is 0. The third-order valence-electron chi connectivity index (χ3n) is 2.77. The Morgan fingerprint density at radius 3 is 2.93 bits per heavy atom. The third-order valence-corrected chi connectivity index (χ3v) is 2.77. The monoisotopic (exact) mass is 190 g/mol. The lowest BCUT2D eigenvalue weighted by Crippen LogP contribution is -2.03. The van der Waals surface area contributed by atoms with E-state index in [2.05, 4.69) is 13.0 Å². The fourth-order valence-corrected chi connectivity index (χ4v) is 2.04. The molecule has 1 aromatic carbocycles. The zero-order valence-electron chi connectivity index (χ0n) is 8.52. The fourth-order valence-electron chi connectivity index (χ4n) is 2.04. The molecule has 1 aliphatic carbocycles. The van der Waals surface area contributed by atoms with Crippen LogP contribution in [0.2, 0.25) is 0 Å². The van der Waals surface area contributed by atoms with E-state index >= 15 is 0 Å². The van der Waals surface area contributed by atoms with Crippen LogP contribution in [0.15, 0.2) is 29.8 Å². The van der Waals surface area contributed by atoms with Crippen LogP contribution >= 0.6 is 0 Å². The summed E-state index contributed by atoms with van der Waals surface area (Å²) in [4.78, 5) is 0. The van der Waals surface area contributed by atoms with Crippen molar-refractivity contribution in [2.24, 2.45) is 0 Å². The zero-order valence-corrected chi connectivity index (χ0v) is 8.52. The van der Waals surface area contributed by atoms with Gasteiger partial charge in [-0.3, -0.25) is 0 Å². The topological polar surface area (TPSA) is 0 Å². The van der Waals surface area contributed by atoms with Crippen molar-refractivity contribution < 1.29 is 4.39 Å². The smallest absolute Gasteiger partial charge is 0.123 e. The maximum absolute atomic E-state index is 12.9. The molecule has 0 aliphatic heterocycles. The molecule has 74 valence electrons. The van der Waals surface area contributed by atoms with Crippen molar-refractivity contribution in [3.05, 3.63) is 46.8 Å². The van der Waals surface area contributed by atoms with Crippen LogP contribution in [-0.4, -0.2) is 0 Å². The van der Waals surface area contributed by atoms with E-state index < -0.39 is 0 Å². The summed E-state index contributed by atoms with van der Waals surface area (Å²) in [6.07, 6.45) is 6.55. The van der Waals surface area contributed by atoms with Crippen LogP contribution in [0.3, 0.4) is 0 Å². The summed E-state index contributed by atoms with van der Waals surface area (Å²) in [6, 6.07) is 5.15. The number of hydrogen-bond donors (Lipinski definition) is 0. The Morgan fingerprint density at radius 1 is 1.29 bits per heavy atom. The standard InChI is InChI=1S/C13H15F/c1-2-3-10-4-5-12-9-13(14)7-6-11(12)8-10/h4,6-7,9H,2-3,5,8H2,1H3. The lowest BCUT2D eigenvalue weighted by atomic mass is 9.90. The van der Waals surface area contributed by atoms with Gasteiger partial charge in [0, 0.05) is 0 Å². The first-order chi connectivity index (χ1) is 6.79. The second-order valence-corrected chi connectivity index (χ2v) is 3.91. The molecule has 1 aromatic rings. The molecule has 1 aliphatic rings. The second kappa shape index (κ2) is 3.95. The number of halogens is 1. The van der Waals surface area contributed by atoms with Crippen LogP contribution in [0.5, 0.6) is 0 Å². The molecule has 0 saturated heterocycles. The summed E-state index contributed by atoms with van der Waals surface area (Å²) >= 11 is 0. The number of fused-ring (bicyclic) bond motifs is 1. The van der Waals surface area contributed by atoms with Gasteiger partial charge in [-0.1, -0.05) is 31.1 Å². The van der Waals surface area contributed by atoms with Crippen molar-refractivity contribution in [3.8, 4) is 0 Å². The minimum atomic E-state index is -0.115. The highest BCUT2D eigenvalue weighted by molar-refractivity contribution is 5.37. The van der Waals surface area contributed by atoms with Gasteiger partial charge >= 0.3 is 0 Å². The fraction of sp³-hybridized carbons (Fsp3) is 0.385. The predicted octanol–water partition coefficient (Wildman–Crippen LogP) is 3.65. The Labute approximate surface area is 84.5 Å². The Morgan fingerprint density at radius 2 is 2.14 bits per heavy atom. The molecular formula is C13H15F. The molecule has 0 N–H and O–H groups in total. The molecule has 0 aromatic heterocycles. The molecule has 0 nitrogen and oxygen atoms in total.